The molecule has 0 bridgehead atoms. The maximum Gasteiger partial charge on any atom is 0.263 e. The van der Waals surface area contributed by atoms with Gasteiger partial charge >= 0.3 is 0 Å². The highest BCUT2D eigenvalue weighted by Gasteiger charge is 2.26. The van der Waals surface area contributed by atoms with Crippen LogP contribution in [0.4, 0.5) is 5.69 Å². The lowest BCUT2D eigenvalue weighted by atomic mass is 9.95. The fraction of sp³-hybridized carbons (Fsp3) is 0.367. The molecule has 2 heterocycles. The number of thioether (sulfide) groups is 1. The van der Waals surface area contributed by atoms with E-state index >= 15 is 0 Å². The number of benzene rings is 2. The number of anilines is 1. The summed E-state index contributed by atoms with van der Waals surface area (Å²) in [5.74, 6) is 0.623. The summed E-state index contributed by atoms with van der Waals surface area (Å²) in [5, 5.41) is 22.5. The van der Waals surface area contributed by atoms with E-state index in [2.05, 4.69) is 65.7 Å². The molecule has 0 saturated carbocycles. The van der Waals surface area contributed by atoms with Crippen molar-refractivity contribution in [3.8, 4) is 11.5 Å². The van der Waals surface area contributed by atoms with Crippen molar-refractivity contribution in [2.24, 2.45) is 0 Å². The van der Waals surface area contributed by atoms with Gasteiger partial charge < -0.3 is 24.9 Å². The lowest BCUT2D eigenvalue weighted by Crippen LogP contribution is -2.40. The molecule has 1 aliphatic heterocycles. The molecular formula is C30H37N4O2S2+. The predicted octanol–water partition coefficient (Wildman–Crippen LogP) is 5.67. The van der Waals surface area contributed by atoms with E-state index in [9.17, 15) is 10.2 Å². The molecule has 8 heteroatoms. The van der Waals surface area contributed by atoms with Gasteiger partial charge in [-0.05, 0) is 88.9 Å². The number of nitrogens with zero attached hydrogens (tertiary/aromatic N) is 4. The van der Waals surface area contributed by atoms with E-state index < -0.39 is 0 Å². The molecule has 2 aliphatic rings. The molecule has 2 N–H and O–H groups in total. The zero-order valence-corrected chi connectivity index (χ0v) is 24.3. The Morgan fingerprint density at radius 2 is 1.71 bits per heavy atom. The summed E-state index contributed by atoms with van der Waals surface area (Å²) < 4.78 is 3.49. The van der Waals surface area contributed by atoms with Crippen LogP contribution in [0.2, 0.25) is 0 Å². The van der Waals surface area contributed by atoms with E-state index in [1.165, 1.54) is 32.4 Å². The van der Waals surface area contributed by atoms with Crippen molar-refractivity contribution in [3.63, 3.8) is 0 Å². The third-order valence-corrected chi connectivity index (χ3v) is 9.08. The number of allylic oxidation sites excluding steroid dienone is 4. The number of hydrogen-bond acceptors (Lipinski definition) is 7. The van der Waals surface area contributed by atoms with Crippen LogP contribution in [-0.4, -0.2) is 67.8 Å². The second kappa shape index (κ2) is 11.5. The summed E-state index contributed by atoms with van der Waals surface area (Å²) in [6, 6.07) is 11.4. The zero-order chi connectivity index (χ0) is 26.8. The van der Waals surface area contributed by atoms with Gasteiger partial charge in [0, 0.05) is 36.2 Å². The first-order chi connectivity index (χ1) is 18.3. The van der Waals surface area contributed by atoms with Crippen LogP contribution in [0.1, 0.15) is 24.3 Å². The second-order valence-corrected chi connectivity index (χ2v) is 12.7. The van der Waals surface area contributed by atoms with Crippen LogP contribution in [0.5, 0.6) is 11.5 Å². The van der Waals surface area contributed by atoms with Crippen molar-refractivity contribution in [3.05, 3.63) is 69.7 Å². The topological polar surface area (TPSA) is 54.1 Å². The van der Waals surface area contributed by atoms with Crippen molar-refractivity contribution >= 4 is 45.1 Å². The van der Waals surface area contributed by atoms with E-state index in [1.54, 1.807) is 35.2 Å². The van der Waals surface area contributed by atoms with Gasteiger partial charge in [-0.15, -0.1) is 0 Å². The lowest BCUT2D eigenvalue weighted by Gasteiger charge is -2.23. The largest absolute Gasteiger partial charge is 0.508 e. The molecule has 3 aromatic rings. The van der Waals surface area contributed by atoms with Gasteiger partial charge in [0.05, 0.1) is 17.3 Å². The van der Waals surface area contributed by atoms with Crippen LogP contribution in [0, 0.1) is 0 Å². The number of fused-ring (bicyclic) bond motifs is 2. The molecule has 1 aromatic heterocycles. The molecule has 6 nitrogen and oxygen atoms in total. The molecule has 0 atom stereocenters. The van der Waals surface area contributed by atoms with Gasteiger partial charge in [0.25, 0.3) is 5.01 Å². The average Bonchev–Trinajstić information content (AvgIpc) is 3.37. The average molecular weight is 550 g/mol. The fourth-order valence-corrected chi connectivity index (χ4v) is 7.28. The Hall–Kier alpha value is -2.78. The summed E-state index contributed by atoms with van der Waals surface area (Å²) in [6.07, 6.45) is 10.3. The van der Waals surface area contributed by atoms with E-state index in [0.29, 0.717) is 11.5 Å². The van der Waals surface area contributed by atoms with Crippen LogP contribution in [0.3, 0.4) is 0 Å². The SMILES string of the molecule is CN(C)CCN1/C(=C/C2=CC(=C/c3sc4cc(O)ccc4[n+]3CCN(C)C)/CCC2)Sc2cc(O)ccc21. The van der Waals surface area contributed by atoms with Gasteiger partial charge in [0.15, 0.2) is 6.54 Å². The first kappa shape index (κ1) is 26.8. The van der Waals surface area contributed by atoms with Crippen molar-refractivity contribution in [2.75, 3.05) is 52.7 Å². The van der Waals surface area contributed by atoms with E-state index in [0.717, 1.165) is 55.0 Å². The summed E-state index contributed by atoms with van der Waals surface area (Å²) in [4.78, 5) is 7.90. The minimum absolute atomic E-state index is 0.311. The number of aromatic nitrogens is 1. The number of aromatic hydroxyl groups is 2. The molecule has 1 aliphatic carbocycles. The molecule has 2 aromatic carbocycles. The zero-order valence-electron chi connectivity index (χ0n) is 22.6. The molecule has 0 saturated heterocycles. The summed E-state index contributed by atoms with van der Waals surface area (Å²) in [7, 11) is 8.41. The minimum Gasteiger partial charge on any atom is -0.508 e. The van der Waals surface area contributed by atoms with Crippen LogP contribution in [0.25, 0.3) is 16.3 Å². The van der Waals surface area contributed by atoms with Gasteiger partial charge in [-0.1, -0.05) is 29.2 Å². The number of phenolic OH excluding ortho intramolecular Hbond substituents is 2. The Bertz CT molecular complexity index is 1420. The van der Waals surface area contributed by atoms with Gasteiger partial charge in [0.2, 0.25) is 5.52 Å². The Morgan fingerprint density at radius 3 is 2.50 bits per heavy atom. The molecule has 0 fully saturated rings. The van der Waals surface area contributed by atoms with E-state index in [4.69, 9.17) is 0 Å². The maximum absolute atomic E-state index is 10.0. The third kappa shape index (κ3) is 6.10. The van der Waals surface area contributed by atoms with E-state index in [-0.39, 0.29) is 0 Å². The Balaban J connectivity index is 1.47. The summed E-state index contributed by atoms with van der Waals surface area (Å²) in [6.45, 7) is 3.72. The highest BCUT2D eigenvalue weighted by molar-refractivity contribution is 8.03. The summed E-state index contributed by atoms with van der Waals surface area (Å²) >= 11 is 3.49. The number of likely N-dealkylation sites (N-methyl/N-ethyl adjacent to an activating group) is 2. The molecule has 0 amide bonds. The fourth-order valence-electron chi connectivity index (χ4n) is 4.89. The number of rotatable bonds is 8. The molecule has 200 valence electrons. The summed E-state index contributed by atoms with van der Waals surface area (Å²) in [5.41, 5.74) is 5.03. The lowest BCUT2D eigenvalue weighted by molar-refractivity contribution is -0.668. The normalized spacial score (nSPS) is 17.8. The predicted molar refractivity (Wildman–Crippen MR) is 160 cm³/mol. The molecule has 0 spiro atoms. The molecule has 0 unspecified atom stereocenters. The van der Waals surface area contributed by atoms with Crippen molar-refractivity contribution in [1.29, 1.82) is 0 Å². The Kier molecular flexibility index (Phi) is 8.14. The molecular weight excluding hydrogens is 512 g/mol. The maximum atomic E-state index is 10.0. The van der Waals surface area contributed by atoms with Crippen LogP contribution in [0.15, 0.2) is 69.6 Å². The first-order valence-corrected chi connectivity index (χ1v) is 14.8. The molecule has 38 heavy (non-hydrogen) atoms. The van der Waals surface area contributed by atoms with Crippen LogP contribution >= 0.6 is 23.1 Å². The third-order valence-electron chi connectivity index (χ3n) is 6.89. The van der Waals surface area contributed by atoms with Crippen LogP contribution < -0.4 is 9.47 Å². The first-order valence-electron chi connectivity index (χ1n) is 13.1. The minimum atomic E-state index is 0.311. The van der Waals surface area contributed by atoms with Crippen molar-refractivity contribution in [2.45, 2.75) is 30.7 Å². The monoisotopic (exact) mass is 549 g/mol. The smallest absolute Gasteiger partial charge is 0.263 e. The molecule has 0 radical (unpaired) electrons. The standard InChI is InChI=1S/C30H36N4O2S2/c1-31(2)12-14-33-25-10-8-23(35)19-27(25)37-29(33)17-21-6-5-7-22(16-21)18-30-34(15-13-32(3)4)26-11-9-24(36)20-28(26)38-30/h8-11,16-20H,5-7,12-15H2,1-4H3,(H-,35,36)/p+1. The van der Waals surface area contributed by atoms with Crippen LogP contribution in [-0.2, 0) is 6.54 Å². The van der Waals surface area contributed by atoms with Gasteiger partial charge in [-0.3, -0.25) is 0 Å². The van der Waals surface area contributed by atoms with Crippen molar-refractivity contribution in [1.82, 2.24) is 9.80 Å². The Labute approximate surface area is 233 Å². The highest BCUT2D eigenvalue weighted by Crippen LogP contribution is 2.48. The Morgan fingerprint density at radius 1 is 0.947 bits per heavy atom. The molecule has 5 rings (SSSR count). The van der Waals surface area contributed by atoms with Gasteiger partial charge in [-0.2, -0.15) is 4.57 Å². The van der Waals surface area contributed by atoms with E-state index in [1.807, 2.05) is 24.3 Å². The number of phenols is 2. The van der Waals surface area contributed by atoms with Gasteiger partial charge in [0.1, 0.15) is 16.2 Å². The number of thiazole rings is 1. The highest BCUT2D eigenvalue weighted by atomic mass is 32.2. The second-order valence-electron chi connectivity index (χ2n) is 10.5. The quantitative estimate of drug-likeness (QED) is 0.353. The van der Waals surface area contributed by atoms with Gasteiger partial charge in [-0.25, -0.2) is 0 Å². The van der Waals surface area contributed by atoms with Crippen molar-refractivity contribution < 1.29 is 14.8 Å². The number of hydrogen-bond donors (Lipinski definition) is 2.